The van der Waals surface area contributed by atoms with Crippen LogP contribution in [-0.4, -0.2) is 10.2 Å². The molecule has 1 aliphatic carbocycles. The Morgan fingerprint density at radius 2 is 2.39 bits per heavy atom. The molecular weight excluding hydrogens is 308 g/mol. The van der Waals surface area contributed by atoms with Gasteiger partial charge in [0.15, 0.2) is 0 Å². The van der Waals surface area contributed by atoms with Gasteiger partial charge in [-0.15, -0.1) is 16.4 Å². The van der Waals surface area contributed by atoms with Crippen LogP contribution in [0.5, 0.6) is 5.88 Å². The molecule has 4 rings (SSSR count). The smallest absolute Gasteiger partial charge is 0.244 e. The van der Waals surface area contributed by atoms with Gasteiger partial charge in [-0.25, -0.2) is 0 Å². The molecule has 0 fully saturated rings. The lowest BCUT2D eigenvalue weighted by atomic mass is 9.75. The molecule has 0 unspecified atom stereocenters. The number of allylic oxidation sites excluding steroid dienone is 3. The Morgan fingerprint density at radius 3 is 3.09 bits per heavy atom. The van der Waals surface area contributed by atoms with Crippen molar-refractivity contribution in [3.8, 4) is 22.5 Å². The van der Waals surface area contributed by atoms with Crippen LogP contribution < -0.4 is 10.5 Å². The number of rotatable bonds is 2. The molecule has 2 aromatic heterocycles. The molecule has 0 saturated heterocycles. The average molecular weight is 324 g/mol. The van der Waals surface area contributed by atoms with Crippen LogP contribution in [0.4, 0.5) is 0 Å². The molecule has 1 aliphatic heterocycles. The minimum absolute atomic E-state index is 0.101. The van der Waals surface area contributed by atoms with Crippen LogP contribution >= 0.6 is 11.3 Å². The maximum absolute atomic E-state index is 9.63. The molecule has 2 aliphatic rings. The number of nitrogens with zero attached hydrogens (tertiary/aromatic N) is 2. The molecule has 3 N–H and O–H groups in total. The fourth-order valence-corrected chi connectivity index (χ4v) is 4.17. The number of nitrogens with one attached hydrogen (secondary N) is 1. The highest BCUT2D eigenvalue weighted by molar-refractivity contribution is 7.13. The first-order valence-corrected chi connectivity index (χ1v) is 8.54. The third-order valence-electron chi connectivity index (χ3n) is 4.47. The van der Waals surface area contributed by atoms with Gasteiger partial charge in [-0.05, 0) is 36.6 Å². The van der Waals surface area contributed by atoms with Crippen molar-refractivity contribution in [3.63, 3.8) is 0 Å². The molecule has 0 aromatic carbocycles. The zero-order valence-electron chi connectivity index (χ0n) is 12.5. The number of H-pyrrole nitrogens is 1. The van der Waals surface area contributed by atoms with Gasteiger partial charge in [-0.3, -0.25) is 5.10 Å². The maximum atomic E-state index is 9.63. The Labute approximate surface area is 138 Å². The predicted octanol–water partition coefficient (Wildman–Crippen LogP) is 3.66. The van der Waals surface area contributed by atoms with Gasteiger partial charge in [0.2, 0.25) is 11.8 Å². The lowest BCUT2D eigenvalue weighted by molar-refractivity contribution is 0.355. The van der Waals surface area contributed by atoms with E-state index in [4.69, 9.17) is 10.5 Å². The van der Waals surface area contributed by atoms with Crippen molar-refractivity contribution >= 4 is 11.3 Å². The first kappa shape index (κ1) is 14.1. The van der Waals surface area contributed by atoms with Crippen molar-refractivity contribution in [1.29, 1.82) is 5.26 Å². The molecular formula is C17H16N4OS. The molecule has 0 radical (unpaired) electrons. The van der Waals surface area contributed by atoms with Crippen LogP contribution in [0, 0.1) is 17.2 Å². The molecule has 0 bridgehead atoms. The number of aromatic nitrogens is 2. The number of hydrogen-bond acceptors (Lipinski definition) is 5. The van der Waals surface area contributed by atoms with Crippen LogP contribution in [-0.2, 0) is 0 Å². The largest absolute Gasteiger partial charge is 0.420 e. The van der Waals surface area contributed by atoms with Gasteiger partial charge < -0.3 is 10.5 Å². The Balaban J connectivity index is 1.89. The second kappa shape index (κ2) is 5.60. The average Bonchev–Trinajstić information content (AvgIpc) is 3.23. The van der Waals surface area contributed by atoms with E-state index in [2.05, 4.69) is 28.4 Å². The number of nitriles is 1. The molecule has 2 atom stereocenters. The number of hydrogen-bond donors (Lipinski definition) is 2. The van der Waals surface area contributed by atoms with Gasteiger partial charge in [-0.2, -0.15) is 5.26 Å². The molecule has 3 heterocycles. The maximum Gasteiger partial charge on any atom is 0.244 e. The van der Waals surface area contributed by atoms with Gasteiger partial charge in [-0.1, -0.05) is 18.2 Å². The zero-order chi connectivity index (χ0) is 15.8. The van der Waals surface area contributed by atoms with Crippen molar-refractivity contribution in [3.05, 3.63) is 46.7 Å². The first-order chi connectivity index (χ1) is 11.3. The number of fused-ring (bicyclic) bond motifs is 1. The van der Waals surface area contributed by atoms with Crippen LogP contribution in [0.15, 0.2) is 41.1 Å². The first-order valence-electron chi connectivity index (χ1n) is 7.66. The van der Waals surface area contributed by atoms with E-state index < -0.39 is 0 Å². The summed E-state index contributed by atoms with van der Waals surface area (Å²) in [6, 6.07) is 6.31. The molecule has 5 nitrogen and oxygen atoms in total. The lowest BCUT2D eigenvalue weighted by Gasteiger charge is -2.30. The van der Waals surface area contributed by atoms with E-state index in [1.165, 1.54) is 0 Å². The topological polar surface area (TPSA) is 87.7 Å². The summed E-state index contributed by atoms with van der Waals surface area (Å²) in [6.07, 6.45) is 7.65. The molecule has 23 heavy (non-hydrogen) atoms. The minimum atomic E-state index is -0.101. The van der Waals surface area contributed by atoms with Crippen molar-refractivity contribution in [2.24, 2.45) is 11.7 Å². The van der Waals surface area contributed by atoms with E-state index in [0.29, 0.717) is 11.5 Å². The highest BCUT2D eigenvalue weighted by Gasteiger charge is 2.38. The fraction of sp³-hybridized carbons (Fsp3) is 0.294. The zero-order valence-corrected chi connectivity index (χ0v) is 13.3. The van der Waals surface area contributed by atoms with Gasteiger partial charge in [0.25, 0.3) is 0 Å². The standard InChI is InChI=1S/C17H16N4OS/c18-9-11-13(10-5-2-1-3-6-10)14-15(12-7-4-8-23-12)20-21-17(14)22-16(11)19/h2,4-5,7-8,10,13H,1,3,6,19H2,(H,20,21)/t10-,13-/m0/s1. The van der Waals surface area contributed by atoms with E-state index >= 15 is 0 Å². The van der Waals surface area contributed by atoms with E-state index in [1.807, 2.05) is 17.5 Å². The van der Waals surface area contributed by atoms with Crippen LogP contribution in [0.2, 0.25) is 0 Å². The van der Waals surface area contributed by atoms with Crippen molar-refractivity contribution in [2.45, 2.75) is 25.2 Å². The summed E-state index contributed by atoms with van der Waals surface area (Å²) >= 11 is 1.64. The number of ether oxygens (including phenoxy) is 1. The predicted molar refractivity (Wildman–Crippen MR) is 88.6 cm³/mol. The molecule has 6 heteroatoms. The Bertz CT molecular complexity index is 825. The van der Waals surface area contributed by atoms with Crippen LogP contribution in [0.25, 0.3) is 10.6 Å². The third-order valence-corrected chi connectivity index (χ3v) is 5.36. The molecule has 0 spiro atoms. The Kier molecular flexibility index (Phi) is 3.43. The monoisotopic (exact) mass is 324 g/mol. The highest BCUT2D eigenvalue weighted by Crippen LogP contribution is 2.48. The van der Waals surface area contributed by atoms with Gasteiger partial charge in [0, 0.05) is 5.92 Å². The van der Waals surface area contributed by atoms with Gasteiger partial charge in [0.1, 0.15) is 6.07 Å². The summed E-state index contributed by atoms with van der Waals surface area (Å²) in [4.78, 5) is 1.09. The molecule has 0 amide bonds. The van der Waals surface area contributed by atoms with Crippen molar-refractivity contribution in [2.75, 3.05) is 0 Å². The summed E-state index contributed by atoms with van der Waals surface area (Å²) in [7, 11) is 0. The summed E-state index contributed by atoms with van der Waals surface area (Å²) in [5, 5.41) is 19.0. The van der Waals surface area contributed by atoms with E-state index in [1.54, 1.807) is 11.3 Å². The van der Waals surface area contributed by atoms with Crippen LogP contribution in [0.1, 0.15) is 30.7 Å². The van der Waals surface area contributed by atoms with Crippen molar-refractivity contribution < 1.29 is 4.74 Å². The van der Waals surface area contributed by atoms with Gasteiger partial charge >= 0.3 is 0 Å². The second-order valence-electron chi connectivity index (χ2n) is 5.79. The lowest BCUT2D eigenvalue weighted by Crippen LogP contribution is -2.25. The minimum Gasteiger partial charge on any atom is -0.420 e. The quantitative estimate of drug-likeness (QED) is 0.825. The number of thiophene rings is 1. The van der Waals surface area contributed by atoms with E-state index in [9.17, 15) is 5.26 Å². The van der Waals surface area contributed by atoms with Crippen molar-refractivity contribution in [1.82, 2.24) is 10.2 Å². The Morgan fingerprint density at radius 1 is 1.48 bits per heavy atom. The number of nitrogens with two attached hydrogens (primary N) is 1. The molecule has 116 valence electrons. The number of aromatic amines is 1. The second-order valence-corrected chi connectivity index (χ2v) is 6.73. The summed E-state index contributed by atoms with van der Waals surface area (Å²) in [5.41, 5.74) is 8.38. The fourth-order valence-electron chi connectivity index (χ4n) is 3.43. The SMILES string of the molecule is N#CC1=C(N)Oc2n[nH]c(-c3cccs3)c2[C@H]1[C@H]1C=CCCC1. The third kappa shape index (κ3) is 2.25. The molecule has 2 aromatic rings. The normalized spacial score (nSPS) is 23.3. The van der Waals surface area contributed by atoms with E-state index in [0.717, 1.165) is 35.4 Å². The summed E-state index contributed by atoms with van der Waals surface area (Å²) < 4.78 is 5.61. The van der Waals surface area contributed by atoms with Gasteiger partial charge in [0.05, 0.1) is 21.7 Å². The molecule has 0 saturated carbocycles. The summed E-state index contributed by atoms with van der Waals surface area (Å²) in [6.45, 7) is 0. The summed E-state index contributed by atoms with van der Waals surface area (Å²) in [5.74, 6) is 0.814. The Hall–Kier alpha value is -2.52. The van der Waals surface area contributed by atoms with E-state index in [-0.39, 0.29) is 17.7 Å². The van der Waals surface area contributed by atoms with Crippen LogP contribution in [0.3, 0.4) is 0 Å². The highest BCUT2D eigenvalue weighted by atomic mass is 32.1.